The van der Waals surface area contributed by atoms with Crippen molar-refractivity contribution >= 4 is 11.3 Å². The lowest BCUT2D eigenvalue weighted by Crippen LogP contribution is -2.22. The third-order valence-corrected chi connectivity index (χ3v) is 7.36. The Morgan fingerprint density at radius 2 is 1.90 bits per heavy atom. The summed E-state index contributed by atoms with van der Waals surface area (Å²) in [4.78, 5) is 7.65. The minimum Gasteiger partial charge on any atom is -0.508 e. The highest BCUT2D eigenvalue weighted by molar-refractivity contribution is 7.15. The van der Waals surface area contributed by atoms with Crippen molar-refractivity contribution in [3.05, 3.63) is 70.6 Å². The van der Waals surface area contributed by atoms with Crippen LogP contribution in [0.15, 0.2) is 54.6 Å². The molecule has 2 aromatic carbocycles. The largest absolute Gasteiger partial charge is 0.508 e. The Labute approximate surface area is 189 Å². The fraction of sp³-hybridized carbons (Fsp3) is 0.385. The van der Waals surface area contributed by atoms with E-state index in [0.29, 0.717) is 0 Å². The summed E-state index contributed by atoms with van der Waals surface area (Å²) >= 11 is 1.92. The number of methoxy groups -OCH3 is 1. The van der Waals surface area contributed by atoms with Crippen LogP contribution in [0.4, 0.5) is 0 Å². The van der Waals surface area contributed by atoms with E-state index in [1.807, 2.05) is 17.4 Å². The predicted octanol–water partition coefficient (Wildman–Crippen LogP) is 5.92. The fourth-order valence-corrected chi connectivity index (χ4v) is 5.30. The SMILES string of the molecule is COc1cc(O)ccc1CN(C)[C@@H](C)c1cccc(-c2ccc(CN3CCCC3)s2)c1. The predicted molar refractivity (Wildman–Crippen MR) is 129 cm³/mol. The maximum absolute atomic E-state index is 9.71. The highest BCUT2D eigenvalue weighted by Crippen LogP contribution is 2.33. The van der Waals surface area contributed by atoms with Crippen LogP contribution in [0.5, 0.6) is 11.5 Å². The first-order chi connectivity index (χ1) is 15.0. The van der Waals surface area contributed by atoms with Gasteiger partial charge < -0.3 is 9.84 Å². The molecular formula is C26H32N2O2S. The van der Waals surface area contributed by atoms with E-state index in [-0.39, 0.29) is 11.8 Å². The Balaban J connectivity index is 1.46. The van der Waals surface area contributed by atoms with Crippen LogP contribution in [-0.2, 0) is 13.1 Å². The Morgan fingerprint density at radius 1 is 1.10 bits per heavy atom. The third kappa shape index (κ3) is 5.29. The quantitative estimate of drug-likeness (QED) is 0.476. The molecule has 0 saturated carbocycles. The second kappa shape index (κ2) is 9.86. The summed E-state index contributed by atoms with van der Waals surface area (Å²) in [6.45, 7) is 6.53. The molecule has 4 nitrogen and oxygen atoms in total. The van der Waals surface area contributed by atoms with Gasteiger partial charge in [-0.15, -0.1) is 11.3 Å². The van der Waals surface area contributed by atoms with Gasteiger partial charge in [0.1, 0.15) is 11.5 Å². The molecule has 3 aromatic rings. The highest BCUT2D eigenvalue weighted by atomic mass is 32.1. The van der Waals surface area contributed by atoms with Crippen LogP contribution in [0.1, 0.15) is 41.8 Å². The maximum atomic E-state index is 9.71. The Morgan fingerprint density at radius 3 is 2.68 bits per heavy atom. The van der Waals surface area contributed by atoms with E-state index >= 15 is 0 Å². The van der Waals surface area contributed by atoms with E-state index in [2.05, 4.69) is 60.2 Å². The van der Waals surface area contributed by atoms with E-state index in [4.69, 9.17) is 4.74 Å². The molecule has 1 fully saturated rings. The van der Waals surface area contributed by atoms with Gasteiger partial charge in [0, 0.05) is 40.5 Å². The lowest BCUT2D eigenvalue weighted by atomic mass is 10.0. The number of phenols is 1. The average Bonchev–Trinajstić information content (AvgIpc) is 3.47. The molecule has 5 heteroatoms. The van der Waals surface area contributed by atoms with Crippen LogP contribution in [-0.4, -0.2) is 42.2 Å². The third-order valence-electron chi connectivity index (χ3n) is 6.24. The molecule has 1 N–H and O–H groups in total. The van der Waals surface area contributed by atoms with Gasteiger partial charge >= 0.3 is 0 Å². The Hall–Kier alpha value is -2.34. The van der Waals surface area contributed by atoms with Crippen molar-refractivity contribution in [1.29, 1.82) is 0 Å². The lowest BCUT2D eigenvalue weighted by molar-refractivity contribution is 0.249. The molecule has 0 radical (unpaired) electrons. The molecule has 1 atom stereocenters. The number of hydrogen-bond acceptors (Lipinski definition) is 5. The number of rotatable bonds is 8. The van der Waals surface area contributed by atoms with E-state index in [1.165, 1.54) is 46.8 Å². The first-order valence-electron chi connectivity index (χ1n) is 11.0. The molecule has 1 aromatic heterocycles. The molecule has 0 aliphatic carbocycles. The minimum atomic E-state index is 0.226. The van der Waals surface area contributed by atoms with Crippen molar-refractivity contribution in [3.8, 4) is 21.9 Å². The zero-order valence-electron chi connectivity index (χ0n) is 18.7. The van der Waals surface area contributed by atoms with Crippen LogP contribution in [0.2, 0.25) is 0 Å². The van der Waals surface area contributed by atoms with Gasteiger partial charge in [0.05, 0.1) is 7.11 Å². The number of thiophene rings is 1. The topological polar surface area (TPSA) is 35.9 Å². The minimum absolute atomic E-state index is 0.226. The van der Waals surface area contributed by atoms with Crippen molar-refractivity contribution in [2.45, 2.75) is 38.9 Å². The van der Waals surface area contributed by atoms with Crippen LogP contribution < -0.4 is 4.74 Å². The summed E-state index contributed by atoms with van der Waals surface area (Å²) in [5.41, 5.74) is 3.65. The van der Waals surface area contributed by atoms with Gasteiger partial charge in [0.15, 0.2) is 0 Å². The van der Waals surface area contributed by atoms with Crippen LogP contribution in [0.3, 0.4) is 0 Å². The van der Waals surface area contributed by atoms with E-state index in [0.717, 1.165) is 24.4 Å². The second-order valence-electron chi connectivity index (χ2n) is 8.46. The molecule has 1 aliphatic rings. The summed E-state index contributed by atoms with van der Waals surface area (Å²) in [6.07, 6.45) is 2.67. The summed E-state index contributed by atoms with van der Waals surface area (Å²) in [5, 5.41) is 9.71. The molecule has 1 saturated heterocycles. The molecule has 0 spiro atoms. The standard InChI is InChI=1S/C26H32N2O2S/c1-19(27(2)17-22-9-10-23(29)16-25(22)30-3)20-7-6-8-21(15-20)26-12-11-24(31-26)18-28-13-4-5-14-28/h6-12,15-16,19,29H,4-5,13-14,17-18H2,1-3H3/t19-/m0/s1. The Bertz CT molecular complexity index is 1010. The second-order valence-corrected chi connectivity index (χ2v) is 9.63. The van der Waals surface area contributed by atoms with Gasteiger partial charge in [0.2, 0.25) is 0 Å². The van der Waals surface area contributed by atoms with Crippen LogP contribution in [0.25, 0.3) is 10.4 Å². The van der Waals surface area contributed by atoms with Gasteiger partial charge in [-0.1, -0.05) is 24.3 Å². The molecule has 164 valence electrons. The number of aromatic hydroxyl groups is 1. The molecule has 0 amide bonds. The summed E-state index contributed by atoms with van der Waals surface area (Å²) in [7, 11) is 3.77. The average molecular weight is 437 g/mol. The molecule has 0 bridgehead atoms. The number of phenolic OH excluding ortho intramolecular Hbond substituents is 1. The van der Waals surface area contributed by atoms with Crippen molar-refractivity contribution in [3.63, 3.8) is 0 Å². The normalized spacial score (nSPS) is 15.5. The zero-order valence-corrected chi connectivity index (χ0v) is 19.5. The lowest BCUT2D eigenvalue weighted by Gasteiger charge is -2.26. The number of likely N-dealkylation sites (tertiary alicyclic amines) is 1. The van der Waals surface area contributed by atoms with Crippen LogP contribution >= 0.6 is 11.3 Å². The number of nitrogens with zero attached hydrogens (tertiary/aromatic N) is 2. The van der Waals surface area contributed by atoms with Gasteiger partial charge in [-0.3, -0.25) is 9.80 Å². The molecule has 0 unspecified atom stereocenters. The first-order valence-corrected chi connectivity index (χ1v) is 11.8. The summed E-state index contributed by atoms with van der Waals surface area (Å²) in [6, 6.07) is 19.0. The number of benzene rings is 2. The fourth-order valence-electron chi connectivity index (χ4n) is 4.25. The monoisotopic (exact) mass is 436 g/mol. The van der Waals surface area contributed by atoms with E-state index in [1.54, 1.807) is 19.2 Å². The molecule has 2 heterocycles. The summed E-state index contributed by atoms with van der Waals surface area (Å²) < 4.78 is 5.45. The Kier molecular flexibility index (Phi) is 6.96. The molecule has 31 heavy (non-hydrogen) atoms. The van der Waals surface area contributed by atoms with Gasteiger partial charge in [-0.2, -0.15) is 0 Å². The summed E-state index contributed by atoms with van der Waals surface area (Å²) in [5.74, 6) is 0.945. The van der Waals surface area contributed by atoms with Crippen LogP contribution in [0, 0.1) is 0 Å². The van der Waals surface area contributed by atoms with Crippen molar-refractivity contribution in [1.82, 2.24) is 9.80 Å². The molecular weight excluding hydrogens is 404 g/mol. The highest BCUT2D eigenvalue weighted by Gasteiger charge is 2.16. The van der Waals surface area contributed by atoms with Gasteiger partial charge in [-0.25, -0.2) is 0 Å². The zero-order chi connectivity index (χ0) is 21.8. The van der Waals surface area contributed by atoms with Crippen molar-refractivity contribution in [2.24, 2.45) is 0 Å². The van der Waals surface area contributed by atoms with E-state index < -0.39 is 0 Å². The maximum Gasteiger partial charge on any atom is 0.127 e. The van der Waals surface area contributed by atoms with Crippen molar-refractivity contribution < 1.29 is 9.84 Å². The van der Waals surface area contributed by atoms with Gasteiger partial charge in [-0.05, 0) is 75.3 Å². The van der Waals surface area contributed by atoms with E-state index in [9.17, 15) is 5.11 Å². The molecule has 4 rings (SSSR count). The van der Waals surface area contributed by atoms with Crippen molar-refractivity contribution in [2.75, 3.05) is 27.2 Å². The van der Waals surface area contributed by atoms with Gasteiger partial charge in [0.25, 0.3) is 0 Å². The first kappa shape index (κ1) is 21.9. The molecule has 1 aliphatic heterocycles. The number of hydrogen-bond donors (Lipinski definition) is 1. The smallest absolute Gasteiger partial charge is 0.127 e. The number of ether oxygens (including phenoxy) is 1.